The second kappa shape index (κ2) is 4.36. The molecule has 0 unspecified atom stereocenters. The Morgan fingerprint density at radius 1 is 1.29 bits per heavy atom. The smallest absolute Gasteiger partial charge is 0.495 e. The summed E-state index contributed by atoms with van der Waals surface area (Å²) in [5, 5.41) is 0. The van der Waals surface area contributed by atoms with E-state index in [1.165, 1.54) is 6.07 Å². The van der Waals surface area contributed by atoms with Gasteiger partial charge >= 0.3 is 5.51 Å². The normalized spacial score (nSPS) is 12.2. The quantitative estimate of drug-likeness (QED) is 0.784. The molecule has 0 amide bonds. The third-order valence-corrected chi connectivity index (χ3v) is 3.51. The number of carbonyl (C=O) groups is 1. The van der Waals surface area contributed by atoms with Gasteiger partial charge in [-0.1, -0.05) is 12.1 Å². The molecule has 8 heteroatoms. The van der Waals surface area contributed by atoms with Crippen LogP contribution in [0.1, 0.15) is 10.4 Å². The predicted molar refractivity (Wildman–Crippen MR) is 51.6 cm³/mol. The SMILES string of the molecule is COc1cccc(C=O)c1S(=O)(=O)C(F)(F)F. The van der Waals surface area contributed by atoms with E-state index < -0.39 is 31.6 Å². The van der Waals surface area contributed by atoms with Crippen molar-refractivity contribution in [3.05, 3.63) is 23.8 Å². The fourth-order valence-corrected chi connectivity index (χ4v) is 2.26. The van der Waals surface area contributed by atoms with Crippen molar-refractivity contribution in [1.82, 2.24) is 0 Å². The van der Waals surface area contributed by atoms with E-state index in [1.54, 1.807) is 0 Å². The first-order valence-corrected chi connectivity index (χ1v) is 5.67. The van der Waals surface area contributed by atoms with Crippen LogP contribution in [0.2, 0.25) is 0 Å². The molecule has 0 aromatic heterocycles. The molecule has 0 saturated carbocycles. The molecule has 0 aliphatic carbocycles. The van der Waals surface area contributed by atoms with Gasteiger partial charge in [0.2, 0.25) is 0 Å². The molecule has 0 N–H and O–H groups in total. The van der Waals surface area contributed by atoms with Crippen LogP contribution in [0.3, 0.4) is 0 Å². The number of aldehydes is 1. The molecule has 1 aromatic carbocycles. The molecule has 17 heavy (non-hydrogen) atoms. The zero-order valence-corrected chi connectivity index (χ0v) is 9.30. The Hall–Kier alpha value is -1.57. The van der Waals surface area contributed by atoms with Gasteiger partial charge in [-0.2, -0.15) is 13.2 Å². The molecular formula is C9H7F3O4S. The van der Waals surface area contributed by atoms with Gasteiger partial charge in [-0.25, -0.2) is 8.42 Å². The number of methoxy groups -OCH3 is 1. The number of benzene rings is 1. The van der Waals surface area contributed by atoms with Crippen LogP contribution in [0.5, 0.6) is 5.75 Å². The number of hydrogen-bond donors (Lipinski definition) is 0. The first kappa shape index (κ1) is 13.5. The Morgan fingerprint density at radius 2 is 1.88 bits per heavy atom. The van der Waals surface area contributed by atoms with Crippen molar-refractivity contribution in [1.29, 1.82) is 0 Å². The minimum absolute atomic E-state index is 0.0289. The zero-order chi connectivity index (χ0) is 13.3. The zero-order valence-electron chi connectivity index (χ0n) is 8.48. The topological polar surface area (TPSA) is 60.4 Å². The van der Waals surface area contributed by atoms with Crippen molar-refractivity contribution in [2.24, 2.45) is 0 Å². The average Bonchev–Trinajstić information content (AvgIpc) is 2.26. The fraction of sp³-hybridized carbons (Fsp3) is 0.222. The lowest BCUT2D eigenvalue weighted by molar-refractivity contribution is -0.0437. The van der Waals surface area contributed by atoms with Gasteiger partial charge in [0.15, 0.2) is 6.29 Å². The number of carbonyl (C=O) groups excluding carboxylic acids is 1. The standard InChI is InChI=1S/C9H7F3O4S/c1-16-7-4-2-3-6(5-13)8(7)17(14,15)9(10,11)12/h2-5H,1H3. The summed E-state index contributed by atoms with van der Waals surface area (Å²) in [6.07, 6.45) is 0.0289. The lowest BCUT2D eigenvalue weighted by atomic mass is 10.2. The number of ether oxygens (including phenoxy) is 1. The summed E-state index contributed by atoms with van der Waals surface area (Å²) in [5.41, 5.74) is -6.08. The number of hydrogen-bond acceptors (Lipinski definition) is 4. The van der Waals surface area contributed by atoms with Crippen LogP contribution in [0, 0.1) is 0 Å². The molecule has 4 nitrogen and oxygen atoms in total. The molecule has 0 spiro atoms. The number of halogens is 3. The molecule has 0 saturated heterocycles. The molecule has 0 heterocycles. The summed E-state index contributed by atoms with van der Waals surface area (Å²) >= 11 is 0. The molecule has 94 valence electrons. The highest BCUT2D eigenvalue weighted by molar-refractivity contribution is 7.92. The Labute approximate surface area is 94.9 Å². The highest BCUT2D eigenvalue weighted by Gasteiger charge is 2.49. The van der Waals surface area contributed by atoms with E-state index in [0.717, 1.165) is 19.2 Å². The van der Waals surface area contributed by atoms with Gasteiger partial charge in [0, 0.05) is 5.56 Å². The average molecular weight is 268 g/mol. The maximum absolute atomic E-state index is 12.4. The first-order chi connectivity index (χ1) is 7.75. The van der Waals surface area contributed by atoms with E-state index in [0.29, 0.717) is 0 Å². The highest BCUT2D eigenvalue weighted by Crippen LogP contribution is 2.36. The van der Waals surface area contributed by atoms with Crippen LogP contribution in [0.25, 0.3) is 0 Å². The predicted octanol–water partition coefficient (Wildman–Crippen LogP) is 1.80. The van der Waals surface area contributed by atoms with Gasteiger partial charge in [0.05, 0.1) is 7.11 Å². The van der Waals surface area contributed by atoms with Crippen LogP contribution in [0.15, 0.2) is 23.1 Å². The van der Waals surface area contributed by atoms with Crippen LogP contribution in [-0.4, -0.2) is 27.3 Å². The molecule has 0 radical (unpaired) electrons. The monoisotopic (exact) mass is 268 g/mol. The third-order valence-electron chi connectivity index (χ3n) is 1.93. The van der Waals surface area contributed by atoms with Gasteiger partial charge in [-0.15, -0.1) is 0 Å². The van der Waals surface area contributed by atoms with Crippen molar-refractivity contribution in [2.75, 3.05) is 7.11 Å². The molecule has 0 aliphatic rings. The number of sulfone groups is 1. The van der Waals surface area contributed by atoms with Crippen molar-refractivity contribution < 1.29 is 31.1 Å². The Bertz CT molecular complexity index is 534. The molecule has 0 aliphatic heterocycles. The van der Waals surface area contributed by atoms with E-state index in [1.807, 2.05) is 0 Å². The van der Waals surface area contributed by atoms with E-state index in [-0.39, 0.29) is 6.29 Å². The minimum atomic E-state index is -5.62. The lowest BCUT2D eigenvalue weighted by Crippen LogP contribution is -2.25. The highest BCUT2D eigenvalue weighted by atomic mass is 32.2. The van der Waals surface area contributed by atoms with Gasteiger partial charge in [-0.3, -0.25) is 4.79 Å². The molecule has 0 bridgehead atoms. The maximum atomic E-state index is 12.4. The Balaban J connectivity index is 3.66. The van der Waals surface area contributed by atoms with Crippen LogP contribution in [0.4, 0.5) is 13.2 Å². The summed E-state index contributed by atoms with van der Waals surface area (Å²) in [6.45, 7) is 0. The molecule has 1 rings (SSSR count). The maximum Gasteiger partial charge on any atom is 0.502 e. The van der Waals surface area contributed by atoms with Crippen LogP contribution < -0.4 is 4.74 Å². The minimum Gasteiger partial charge on any atom is -0.495 e. The molecule has 0 fully saturated rings. The van der Waals surface area contributed by atoms with Gasteiger partial charge in [0.25, 0.3) is 9.84 Å². The second-order valence-corrected chi connectivity index (χ2v) is 4.82. The summed E-state index contributed by atoms with van der Waals surface area (Å²) in [5.74, 6) is -0.521. The van der Waals surface area contributed by atoms with E-state index in [2.05, 4.69) is 4.74 Å². The van der Waals surface area contributed by atoms with Crippen molar-refractivity contribution >= 4 is 16.1 Å². The third kappa shape index (κ3) is 2.26. The van der Waals surface area contributed by atoms with Crippen molar-refractivity contribution in [2.45, 2.75) is 10.4 Å². The Morgan fingerprint density at radius 3 is 2.29 bits per heavy atom. The summed E-state index contributed by atoms with van der Waals surface area (Å²) in [4.78, 5) is 9.42. The fourth-order valence-electron chi connectivity index (χ4n) is 1.19. The Kier molecular flexibility index (Phi) is 3.46. The van der Waals surface area contributed by atoms with E-state index in [4.69, 9.17) is 0 Å². The summed E-state index contributed by atoms with van der Waals surface area (Å²) in [6, 6.07) is 3.22. The number of rotatable bonds is 3. The summed E-state index contributed by atoms with van der Waals surface area (Å²) < 4.78 is 64.2. The first-order valence-electron chi connectivity index (χ1n) is 4.19. The van der Waals surface area contributed by atoms with Gasteiger partial charge in [0.1, 0.15) is 10.6 Å². The second-order valence-electron chi connectivity index (χ2n) is 2.95. The largest absolute Gasteiger partial charge is 0.502 e. The van der Waals surface area contributed by atoms with Crippen LogP contribution in [-0.2, 0) is 9.84 Å². The van der Waals surface area contributed by atoms with Crippen LogP contribution >= 0.6 is 0 Å². The molecule has 0 atom stereocenters. The summed E-state index contributed by atoms with van der Waals surface area (Å²) in [7, 11) is -4.60. The van der Waals surface area contributed by atoms with Crippen molar-refractivity contribution in [3.8, 4) is 5.75 Å². The van der Waals surface area contributed by atoms with Gasteiger partial charge < -0.3 is 4.74 Å². The van der Waals surface area contributed by atoms with E-state index >= 15 is 0 Å². The van der Waals surface area contributed by atoms with E-state index in [9.17, 15) is 26.4 Å². The number of alkyl halides is 3. The molecule has 1 aromatic rings. The lowest BCUT2D eigenvalue weighted by Gasteiger charge is -2.13. The molecular weight excluding hydrogens is 261 g/mol. The van der Waals surface area contributed by atoms with Gasteiger partial charge in [-0.05, 0) is 6.07 Å². The van der Waals surface area contributed by atoms with Crippen molar-refractivity contribution in [3.63, 3.8) is 0 Å².